The minimum Gasteiger partial charge on any atom is -0.386 e. The van der Waals surface area contributed by atoms with Crippen molar-refractivity contribution < 1.29 is 9.50 Å². The van der Waals surface area contributed by atoms with Gasteiger partial charge in [-0.05, 0) is 18.2 Å². The van der Waals surface area contributed by atoms with Crippen LogP contribution in [0.4, 0.5) is 4.39 Å². The molecule has 17 heavy (non-hydrogen) atoms. The quantitative estimate of drug-likeness (QED) is 0.914. The van der Waals surface area contributed by atoms with E-state index in [0.29, 0.717) is 16.3 Å². The molecular formula is C12H12ClFN2O. The molecule has 1 atom stereocenters. The van der Waals surface area contributed by atoms with Crippen molar-refractivity contribution in [3.05, 3.63) is 52.6 Å². The molecule has 0 radical (unpaired) electrons. The van der Waals surface area contributed by atoms with Crippen molar-refractivity contribution in [1.82, 2.24) is 9.78 Å². The third kappa shape index (κ3) is 2.65. The van der Waals surface area contributed by atoms with Crippen molar-refractivity contribution in [2.45, 2.75) is 12.5 Å². The molecule has 1 aromatic carbocycles. The Kier molecular flexibility index (Phi) is 3.45. The Bertz CT molecular complexity index is 507. The molecule has 5 heteroatoms. The van der Waals surface area contributed by atoms with Crippen molar-refractivity contribution in [3.63, 3.8) is 0 Å². The molecule has 0 aliphatic rings. The predicted octanol–water partition coefficient (Wildman–Crippen LogP) is 2.49. The maximum Gasteiger partial charge on any atom is 0.127 e. The number of aryl methyl sites for hydroxylation is 1. The molecule has 0 aliphatic heterocycles. The van der Waals surface area contributed by atoms with Gasteiger partial charge in [0.15, 0.2) is 0 Å². The minimum absolute atomic E-state index is 0.114. The Labute approximate surface area is 103 Å². The van der Waals surface area contributed by atoms with E-state index in [4.69, 9.17) is 11.6 Å². The van der Waals surface area contributed by atoms with E-state index in [2.05, 4.69) is 5.10 Å². The van der Waals surface area contributed by atoms with Crippen LogP contribution in [0, 0.1) is 5.82 Å². The number of aliphatic hydroxyl groups is 1. The summed E-state index contributed by atoms with van der Waals surface area (Å²) in [6.07, 6.45) is 0.981. The number of nitrogens with zero attached hydrogens (tertiary/aromatic N) is 2. The molecule has 1 aromatic heterocycles. The Balaban J connectivity index is 2.21. The lowest BCUT2D eigenvalue weighted by molar-refractivity contribution is 0.171. The molecule has 0 bridgehead atoms. The van der Waals surface area contributed by atoms with Crippen LogP contribution in [0.5, 0.6) is 0 Å². The number of aromatic nitrogens is 2. The van der Waals surface area contributed by atoms with Gasteiger partial charge >= 0.3 is 0 Å². The molecule has 0 saturated carbocycles. The third-order valence-electron chi connectivity index (χ3n) is 2.53. The Morgan fingerprint density at radius 3 is 2.82 bits per heavy atom. The summed E-state index contributed by atoms with van der Waals surface area (Å²) in [6.45, 7) is 0. The lowest BCUT2D eigenvalue weighted by Crippen LogP contribution is -2.05. The lowest BCUT2D eigenvalue weighted by Gasteiger charge is -2.10. The van der Waals surface area contributed by atoms with E-state index in [9.17, 15) is 9.50 Å². The van der Waals surface area contributed by atoms with E-state index in [-0.39, 0.29) is 6.42 Å². The zero-order valence-electron chi connectivity index (χ0n) is 9.27. The average Bonchev–Trinajstić information content (AvgIpc) is 2.70. The lowest BCUT2D eigenvalue weighted by atomic mass is 10.1. The molecule has 1 N–H and O–H groups in total. The van der Waals surface area contributed by atoms with Crippen LogP contribution in [0.2, 0.25) is 5.02 Å². The van der Waals surface area contributed by atoms with Crippen molar-refractivity contribution in [1.29, 1.82) is 0 Å². The molecule has 0 amide bonds. The highest BCUT2D eigenvalue weighted by Crippen LogP contribution is 2.24. The van der Waals surface area contributed by atoms with Crippen molar-refractivity contribution in [2.75, 3.05) is 0 Å². The first-order valence-corrected chi connectivity index (χ1v) is 5.56. The van der Waals surface area contributed by atoms with Gasteiger partial charge in [0.1, 0.15) is 11.9 Å². The van der Waals surface area contributed by atoms with Crippen LogP contribution < -0.4 is 0 Å². The van der Waals surface area contributed by atoms with Crippen molar-refractivity contribution in [2.24, 2.45) is 7.05 Å². The zero-order chi connectivity index (χ0) is 12.4. The molecule has 2 rings (SSSR count). The topological polar surface area (TPSA) is 38.0 Å². The van der Waals surface area contributed by atoms with Crippen molar-refractivity contribution >= 4 is 11.6 Å². The summed E-state index contributed by atoms with van der Waals surface area (Å²) in [7, 11) is 1.76. The highest BCUT2D eigenvalue weighted by molar-refractivity contribution is 6.31. The van der Waals surface area contributed by atoms with Gasteiger partial charge in [-0.25, -0.2) is 4.39 Å². The number of hydrogen-bond acceptors (Lipinski definition) is 2. The minimum atomic E-state index is -0.856. The molecule has 0 aliphatic carbocycles. The maximum atomic E-state index is 13.5. The maximum absolute atomic E-state index is 13.5. The summed E-state index contributed by atoms with van der Waals surface area (Å²) in [6, 6.07) is 6.16. The van der Waals surface area contributed by atoms with E-state index in [1.165, 1.54) is 12.1 Å². The smallest absolute Gasteiger partial charge is 0.127 e. The molecule has 0 saturated heterocycles. The fourth-order valence-corrected chi connectivity index (χ4v) is 1.88. The van der Waals surface area contributed by atoms with E-state index < -0.39 is 11.9 Å². The summed E-state index contributed by atoms with van der Waals surface area (Å²) in [5.41, 5.74) is 0.819. The molecule has 90 valence electrons. The molecule has 1 unspecified atom stereocenters. The molecule has 0 fully saturated rings. The van der Waals surface area contributed by atoms with Crippen LogP contribution >= 0.6 is 11.6 Å². The Morgan fingerprint density at radius 1 is 1.47 bits per heavy atom. The van der Waals surface area contributed by atoms with Gasteiger partial charge in [-0.1, -0.05) is 17.7 Å². The summed E-state index contributed by atoms with van der Waals surface area (Å²) < 4.78 is 15.1. The summed E-state index contributed by atoms with van der Waals surface area (Å²) in [5, 5.41) is 14.3. The van der Waals surface area contributed by atoms with Gasteiger partial charge in [0, 0.05) is 30.3 Å². The molecule has 1 heterocycles. The number of halogens is 2. The summed E-state index contributed by atoms with van der Waals surface area (Å²) in [4.78, 5) is 0. The Hall–Kier alpha value is -1.39. The highest BCUT2D eigenvalue weighted by atomic mass is 35.5. The largest absolute Gasteiger partial charge is 0.386 e. The van der Waals surface area contributed by atoms with Crippen LogP contribution in [0.15, 0.2) is 30.5 Å². The van der Waals surface area contributed by atoms with Gasteiger partial charge in [0.2, 0.25) is 0 Å². The van der Waals surface area contributed by atoms with Crippen LogP contribution in [-0.4, -0.2) is 14.9 Å². The standard InChI is InChI=1S/C12H12ClFN2O/c1-16-6-5-11(15-16)12(17)7-8-9(13)3-2-4-10(8)14/h2-6,12,17H,7H2,1H3. The molecular weight excluding hydrogens is 243 g/mol. The highest BCUT2D eigenvalue weighted by Gasteiger charge is 2.16. The first-order valence-electron chi connectivity index (χ1n) is 5.18. The number of hydrogen-bond donors (Lipinski definition) is 1. The van der Waals surface area contributed by atoms with Crippen LogP contribution in [0.25, 0.3) is 0 Å². The second-order valence-electron chi connectivity index (χ2n) is 3.83. The van der Waals surface area contributed by atoms with Gasteiger partial charge in [-0.3, -0.25) is 4.68 Å². The zero-order valence-corrected chi connectivity index (χ0v) is 10.0. The molecule has 2 aromatic rings. The summed E-state index contributed by atoms with van der Waals surface area (Å²) >= 11 is 5.89. The first kappa shape index (κ1) is 12.1. The second-order valence-corrected chi connectivity index (χ2v) is 4.24. The predicted molar refractivity (Wildman–Crippen MR) is 63.3 cm³/mol. The number of rotatable bonds is 3. The third-order valence-corrected chi connectivity index (χ3v) is 2.89. The average molecular weight is 255 g/mol. The SMILES string of the molecule is Cn1ccc(C(O)Cc2c(F)cccc2Cl)n1. The Morgan fingerprint density at radius 2 is 2.24 bits per heavy atom. The molecule has 3 nitrogen and oxygen atoms in total. The fraction of sp³-hybridized carbons (Fsp3) is 0.250. The molecule has 0 spiro atoms. The first-order chi connectivity index (χ1) is 8.08. The van der Waals surface area contributed by atoms with E-state index in [1.807, 2.05) is 0 Å². The monoisotopic (exact) mass is 254 g/mol. The van der Waals surface area contributed by atoms with Gasteiger partial charge < -0.3 is 5.11 Å². The fourth-order valence-electron chi connectivity index (χ4n) is 1.64. The van der Waals surface area contributed by atoms with Gasteiger partial charge in [0.05, 0.1) is 5.69 Å². The summed E-state index contributed by atoms with van der Waals surface area (Å²) in [5.74, 6) is -0.410. The van der Waals surface area contributed by atoms with Gasteiger partial charge in [0.25, 0.3) is 0 Å². The van der Waals surface area contributed by atoms with E-state index in [0.717, 1.165) is 0 Å². The van der Waals surface area contributed by atoms with E-state index >= 15 is 0 Å². The van der Waals surface area contributed by atoms with Crippen LogP contribution in [0.1, 0.15) is 17.4 Å². The van der Waals surface area contributed by atoms with Gasteiger partial charge in [-0.2, -0.15) is 5.10 Å². The normalized spacial score (nSPS) is 12.7. The second kappa shape index (κ2) is 4.85. The van der Waals surface area contributed by atoms with E-state index in [1.54, 1.807) is 30.1 Å². The van der Waals surface area contributed by atoms with Crippen LogP contribution in [-0.2, 0) is 13.5 Å². The number of aliphatic hydroxyl groups excluding tert-OH is 1. The van der Waals surface area contributed by atoms with Crippen LogP contribution in [0.3, 0.4) is 0 Å². The van der Waals surface area contributed by atoms with Crippen molar-refractivity contribution in [3.8, 4) is 0 Å². The van der Waals surface area contributed by atoms with Gasteiger partial charge in [-0.15, -0.1) is 0 Å². The number of benzene rings is 1.